The van der Waals surface area contributed by atoms with Crippen LogP contribution in [-0.4, -0.2) is 24.0 Å². The Kier molecular flexibility index (Phi) is 7.96. The van der Waals surface area contributed by atoms with E-state index in [1.165, 1.54) is 0 Å². The molecule has 0 bridgehead atoms. The zero-order valence-electron chi connectivity index (χ0n) is 15.3. The lowest BCUT2D eigenvalue weighted by atomic mass is 10.1. The molecule has 0 unspecified atom stereocenters. The number of hydrogen-bond acceptors (Lipinski definition) is 3. The molecule has 0 radical (unpaired) electrons. The van der Waals surface area contributed by atoms with Crippen molar-refractivity contribution in [1.29, 1.82) is 0 Å². The minimum absolute atomic E-state index is 0.335. The molecule has 4 heteroatoms. The Bertz CT molecular complexity index is 608. The van der Waals surface area contributed by atoms with Gasteiger partial charge in [-0.3, -0.25) is 4.99 Å². The summed E-state index contributed by atoms with van der Waals surface area (Å²) in [7, 11) is 0. The smallest absolute Gasteiger partial charge is 0.407 e. The molecule has 0 heterocycles. The van der Waals surface area contributed by atoms with E-state index in [0.29, 0.717) is 13.1 Å². The van der Waals surface area contributed by atoms with E-state index in [2.05, 4.69) is 10.3 Å². The number of nitrogens with zero attached hydrogens (tertiary/aromatic N) is 1. The third-order valence-corrected chi connectivity index (χ3v) is 3.09. The number of aliphatic imine (C=N–C) groups is 1. The lowest BCUT2D eigenvalue weighted by Crippen LogP contribution is -2.35. The van der Waals surface area contributed by atoms with Gasteiger partial charge in [-0.2, -0.15) is 0 Å². The molecule has 0 saturated carbocycles. The Morgan fingerprint density at radius 3 is 2.50 bits per heavy atom. The molecule has 0 aromatic heterocycles. The number of hydrogen-bond donors (Lipinski definition) is 1. The van der Waals surface area contributed by atoms with Crippen molar-refractivity contribution in [3.05, 3.63) is 59.7 Å². The van der Waals surface area contributed by atoms with Gasteiger partial charge in [-0.1, -0.05) is 48.6 Å². The summed E-state index contributed by atoms with van der Waals surface area (Å²) in [5.74, 6) is 0. The Morgan fingerprint density at radius 2 is 1.92 bits per heavy atom. The molecule has 0 aliphatic carbocycles. The van der Waals surface area contributed by atoms with Crippen molar-refractivity contribution >= 4 is 11.8 Å². The van der Waals surface area contributed by atoms with Gasteiger partial charge in [0.25, 0.3) is 0 Å². The summed E-state index contributed by atoms with van der Waals surface area (Å²) in [5.41, 5.74) is 2.47. The molecular formula is C20H28N2O2. The summed E-state index contributed by atoms with van der Waals surface area (Å²) in [6.45, 7) is 10.4. The van der Waals surface area contributed by atoms with Crippen LogP contribution < -0.4 is 5.32 Å². The van der Waals surface area contributed by atoms with Gasteiger partial charge in [-0.25, -0.2) is 4.79 Å². The fourth-order valence-corrected chi connectivity index (χ4v) is 1.90. The van der Waals surface area contributed by atoms with Crippen molar-refractivity contribution < 1.29 is 9.53 Å². The zero-order chi connectivity index (χ0) is 18.0. The average molecular weight is 328 g/mol. The number of ether oxygens (including phenoxy) is 1. The van der Waals surface area contributed by atoms with Crippen LogP contribution in [0.5, 0.6) is 0 Å². The fraction of sp³-hybridized carbons (Fsp3) is 0.400. The van der Waals surface area contributed by atoms with Crippen molar-refractivity contribution in [1.82, 2.24) is 5.32 Å². The van der Waals surface area contributed by atoms with Gasteiger partial charge in [0, 0.05) is 0 Å². The zero-order valence-corrected chi connectivity index (χ0v) is 15.3. The van der Waals surface area contributed by atoms with E-state index < -0.39 is 11.7 Å². The monoisotopic (exact) mass is 328 g/mol. The topological polar surface area (TPSA) is 50.7 Å². The second-order valence-electron chi connectivity index (χ2n) is 6.48. The molecule has 1 aromatic carbocycles. The second-order valence-corrected chi connectivity index (χ2v) is 6.48. The van der Waals surface area contributed by atoms with Gasteiger partial charge in [-0.05, 0) is 45.8 Å². The summed E-state index contributed by atoms with van der Waals surface area (Å²) in [6, 6.07) is 10.0. The maximum Gasteiger partial charge on any atom is 0.407 e. The Hall–Kier alpha value is -2.36. The van der Waals surface area contributed by atoms with Gasteiger partial charge in [0.2, 0.25) is 0 Å². The molecule has 4 nitrogen and oxygen atoms in total. The van der Waals surface area contributed by atoms with Crippen molar-refractivity contribution in [3.8, 4) is 0 Å². The predicted molar refractivity (Wildman–Crippen MR) is 100 cm³/mol. The average Bonchev–Trinajstić information content (AvgIpc) is 2.52. The maximum atomic E-state index is 11.9. The Balaban J connectivity index is 2.80. The van der Waals surface area contributed by atoms with Crippen LogP contribution in [0.15, 0.2) is 59.1 Å². The van der Waals surface area contributed by atoms with E-state index in [1.807, 2.05) is 83.2 Å². The van der Waals surface area contributed by atoms with Gasteiger partial charge in [-0.15, -0.1) is 0 Å². The summed E-state index contributed by atoms with van der Waals surface area (Å²) in [5, 5.41) is 2.78. The lowest BCUT2D eigenvalue weighted by molar-refractivity contribution is 0.0536. The van der Waals surface area contributed by atoms with Gasteiger partial charge in [0.1, 0.15) is 5.60 Å². The molecule has 24 heavy (non-hydrogen) atoms. The molecule has 1 amide bonds. The summed E-state index contributed by atoms with van der Waals surface area (Å²) in [6.07, 6.45) is 5.47. The second kappa shape index (κ2) is 9.71. The number of alkyl carbamates (subject to hydrolysis) is 1. The van der Waals surface area contributed by atoms with E-state index in [4.69, 9.17) is 4.74 Å². The van der Waals surface area contributed by atoms with E-state index in [0.717, 1.165) is 16.8 Å². The van der Waals surface area contributed by atoms with Crippen LogP contribution in [0.1, 0.15) is 40.2 Å². The molecule has 0 aliphatic rings. The molecule has 0 saturated heterocycles. The van der Waals surface area contributed by atoms with Crippen LogP contribution in [0.25, 0.3) is 0 Å². The largest absolute Gasteiger partial charge is 0.444 e. The van der Waals surface area contributed by atoms with Crippen molar-refractivity contribution in [2.45, 2.75) is 46.8 Å². The first kappa shape index (κ1) is 19.7. The first-order valence-corrected chi connectivity index (χ1v) is 8.16. The fourth-order valence-electron chi connectivity index (χ4n) is 1.90. The third-order valence-electron chi connectivity index (χ3n) is 3.09. The first-order chi connectivity index (χ1) is 11.3. The minimum atomic E-state index is -0.513. The third kappa shape index (κ3) is 8.32. The molecule has 0 fully saturated rings. The highest BCUT2D eigenvalue weighted by molar-refractivity contribution is 6.02. The van der Waals surface area contributed by atoms with Crippen LogP contribution >= 0.6 is 0 Å². The molecule has 1 aromatic rings. The minimum Gasteiger partial charge on any atom is -0.444 e. The van der Waals surface area contributed by atoms with Crippen LogP contribution in [0.3, 0.4) is 0 Å². The van der Waals surface area contributed by atoms with E-state index in [9.17, 15) is 4.79 Å². The number of nitrogens with one attached hydrogen (secondary N) is 1. The Morgan fingerprint density at radius 1 is 1.25 bits per heavy atom. The number of allylic oxidation sites excluding steroid dienone is 3. The highest BCUT2D eigenvalue weighted by Crippen LogP contribution is 2.07. The standard InChI is InChI=1S/C20H28N2O2/c1-6-7-11-16(2)18(15-22-19(23)24-20(3,4)5)21-14-17-12-9-8-10-13-17/h6-13H,14-15H2,1-5H3,(H,22,23)/b7-6-,16-11-,21-18+. The highest BCUT2D eigenvalue weighted by atomic mass is 16.6. The molecule has 0 spiro atoms. The SMILES string of the molecule is C\C=C/C=C(C)\C(CNC(=O)OC(C)(C)C)=N\Cc1ccccc1. The molecular weight excluding hydrogens is 300 g/mol. The van der Waals surface area contributed by atoms with Crippen molar-refractivity contribution in [2.24, 2.45) is 4.99 Å². The van der Waals surface area contributed by atoms with Gasteiger partial charge in [0.15, 0.2) is 0 Å². The van der Waals surface area contributed by atoms with Crippen molar-refractivity contribution in [3.63, 3.8) is 0 Å². The lowest BCUT2D eigenvalue weighted by Gasteiger charge is -2.20. The molecule has 1 N–H and O–H groups in total. The molecule has 0 aliphatic heterocycles. The number of carbonyl (C=O) groups is 1. The van der Waals surface area contributed by atoms with Crippen LogP contribution in [-0.2, 0) is 11.3 Å². The van der Waals surface area contributed by atoms with E-state index in [1.54, 1.807) is 0 Å². The molecule has 1 rings (SSSR count). The van der Waals surface area contributed by atoms with Crippen LogP contribution in [0, 0.1) is 0 Å². The van der Waals surface area contributed by atoms with Gasteiger partial charge >= 0.3 is 6.09 Å². The summed E-state index contributed by atoms with van der Waals surface area (Å²) >= 11 is 0. The number of benzene rings is 1. The number of amides is 1. The van der Waals surface area contributed by atoms with E-state index >= 15 is 0 Å². The predicted octanol–water partition coefficient (Wildman–Crippen LogP) is 4.67. The normalized spacial score (nSPS) is 13.2. The Labute approximate surface area is 145 Å². The summed E-state index contributed by atoms with van der Waals surface area (Å²) in [4.78, 5) is 16.5. The van der Waals surface area contributed by atoms with Crippen molar-refractivity contribution in [2.75, 3.05) is 6.54 Å². The first-order valence-electron chi connectivity index (χ1n) is 8.16. The van der Waals surface area contributed by atoms with Gasteiger partial charge < -0.3 is 10.1 Å². The maximum absolute atomic E-state index is 11.9. The van der Waals surface area contributed by atoms with E-state index in [-0.39, 0.29) is 0 Å². The molecule has 130 valence electrons. The van der Waals surface area contributed by atoms with Crippen LogP contribution in [0.2, 0.25) is 0 Å². The summed E-state index contributed by atoms with van der Waals surface area (Å²) < 4.78 is 5.27. The molecule has 0 atom stereocenters. The number of rotatable bonds is 6. The number of carbonyl (C=O) groups excluding carboxylic acids is 1. The quantitative estimate of drug-likeness (QED) is 0.609. The van der Waals surface area contributed by atoms with Crippen LogP contribution in [0.4, 0.5) is 4.79 Å². The van der Waals surface area contributed by atoms with Gasteiger partial charge in [0.05, 0.1) is 18.8 Å². The highest BCUT2D eigenvalue weighted by Gasteiger charge is 2.16.